The van der Waals surface area contributed by atoms with Gasteiger partial charge >= 0.3 is 0 Å². The molecule has 0 radical (unpaired) electrons. The molecule has 2 nitrogen and oxygen atoms in total. The van der Waals surface area contributed by atoms with Crippen molar-refractivity contribution in [2.75, 3.05) is 6.54 Å². The standard InChI is InChI=1S/C10H11F2NO/c11-8-3-7(4-9(12)6-8)5-10(14)1-2-13/h3-4,6H,1-2,5,13H2. The molecule has 0 spiro atoms. The van der Waals surface area contributed by atoms with Crippen LogP contribution in [0.15, 0.2) is 18.2 Å². The van der Waals surface area contributed by atoms with Crippen LogP contribution in [0, 0.1) is 11.6 Å². The van der Waals surface area contributed by atoms with Gasteiger partial charge in [0.05, 0.1) is 0 Å². The van der Waals surface area contributed by atoms with Crippen molar-refractivity contribution in [1.29, 1.82) is 0 Å². The number of carbonyl (C=O) groups is 1. The van der Waals surface area contributed by atoms with Gasteiger partial charge in [0.1, 0.15) is 17.4 Å². The summed E-state index contributed by atoms with van der Waals surface area (Å²) in [7, 11) is 0. The second-order valence-corrected chi connectivity index (χ2v) is 3.03. The van der Waals surface area contributed by atoms with E-state index in [2.05, 4.69) is 0 Å². The van der Waals surface area contributed by atoms with Crippen LogP contribution in [0.3, 0.4) is 0 Å². The first-order valence-corrected chi connectivity index (χ1v) is 4.28. The molecule has 14 heavy (non-hydrogen) atoms. The van der Waals surface area contributed by atoms with Crippen molar-refractivity contribution in [3.63, 3.8) is 0 Å². The predicted octanol–water partition coefficient (Wildman–Crippen LogP) is 1.43. The van der Waals surface area contributed by atoms with Crippen LogP contribution >= 0.6 is 0 Å². The highest BCUT2D eigenvalue weighted by Gasteiger charge is 2.05. The fourth-order valence-corrected chi connectivity index (χ4v) is 1.19. The molecule has 0 aliphatic heterocycles. The minimum atomic E-state index is -0.666. The molecule has 0 unspecified atom stereocenters. The summed E-state index contributed by atoms with van der Waals surface area (Å²) in [4.78, 5) is 11.1. The summed E-state index contributed by atoms with van der Waals surface area (Å²) in [6.07, 6.45) is 0.268. The van der Waals surface area contributed by atoms with Gasteiger partial charge in [-0.1, -0.05) is 0 Å². The number of nitrogens with two attached hydrogens (primary N) is 1. The Balaban J connectivity index is 2.71. The minimum absolute atomic E-state index is 0.0336. The molecule has 0 aromatic heterocycles. The molecule has 0 atom stereocenters. The van der Waals surface area contributed by atoms with Crippen molar-refractivity contribution in [3.8, 4) is 0 Å². The number of Topliss-reactive ketones (excluding diaryl/α,β-unsaturated/α-hetero) is 1. The van der Waals surface area contributed by atoms with E-state index in [1.165, 1.54) is 0 Å². The van der Waals surface area contributed by atoms with Gasteiger partial charge in [-0.15, -0.1) is 0 Å². The molecule has 0 saturated carbocycles. The molecular weight excluding hydrogens is 188 g/mol. The van der Waals surface area contributed by atoms with Crippen LogP contribution in [-0.4, -0.2) is 12.3 Å². The van der Waals surface area contributed by atoms with E-state index in [4.69, 9.17) is 5.73 Å². The van der Waals surface area contributed by atoms with Crippen molar-refractivity contribution >= 4 is 5.78 Å². The SMILES string of the molecule is NCCC(=O)Cc1cc(F)cc(F)c1. The van der Waals surface area contributed by atoms with Crippen molar-refractivity contribution in [2.24, 2.45) is 5.73 Å². The van der Waals surface area contributed by atoms with Crippen molar-refractivity contribution in [3.05, 3.63) is 35.4 Å². The van der Waals surface area contributed by atoms with Crippen LogP contribution in [0.4, 0.5) is 8.78 Å². The van der Waals surface area contributed by atoms with Gasteiger partial charge in [0, 0.05) is 18.9 Å². The first-order valence-electron chi connectivity index (χ1n) is 4.28. The summed E-state index contributed by atoms with van der Waals surface area (Å²) in [6, 6.07) is 3.08. The Hall–Kier alpha value is -1.29. The second kappa shape index (κ2) is 4.81. The lowest BCUT2D eigenvalue weighted by Gasteiger charge is -2.00. The topological polar surface area (TPSA) is 43.1 Å². The lowest BCUT2D eigenvalue weighted by molar-refractivity contribution is -0.118. The Labute approximate surface area is 80.7 Å². The summed E-state index contributed by atoms with van der Waals surface area (Å²) < 4.78 is 25.4. The molecule has 1 aromatic carbocycles. The van der Waals surface area contributed by atoms with E-state index >= 15 is 0 Å². The molecule has 1 aromatic rings. The minimum Gasteiger partial charge on any atom is -0.330 e. The molecule has 4 heteroatoms. The van der Waals surface area contributed by atoms with E-state index in [1.807, 2.05) is 0 Å². The fraction of sp³-hybridized carbons (Fsp3) is 0.300. The first-order chi connectivity index (χ1) is 6.61. The van der Waals surface area contributed by atoms with Gasteiger partial charge in [-0.2, -0.15) is 0 Å². The molecule has 0 fully saturated rings. The Morgan fingerprint density at radius 1 is 1.21 bits per heavy atom. The highest BCUT2D eigenvalue weighted by molar-refractivity contribution is 5.80. The van der Waals surface area contributed by atoms with Gasteiger partial charge in [0.25, 0.3) is 0 Å². The number of rotatable bonds is 4. The van der Waals surface area contributed by atoms with Crippen molar-refractivity contribution in [2.45, 2.75) is 12.8 Å². The number of hydrogen-bond acceptors (Lipinski definition) is 2. The van der Waals surface area contributed by atoms with E-state index in [0.717, 1.165) is 18.2 Å². The van der Waals surface area contributed by atoms with Crippen LogP contribution in [0.1, 0.15) is 12.0 Å². The van der Waals surface area contributed by atoms with Gasteiger partial charge in [-0.05, 0) is 24.2 Å². The maximum atomic E-state index is 12.7. The van der Waals surface area contributed by atoms with Crippen LogP contribution in [0.2, 0.25) is 0 Å². The average molecular weight is 199 g/mol. The zero-order chi connectivity index (χ0) is 10.6. The monoisotopic (exact) mass is 199 g/mol. The zero-order valence-electron chi connectivity index (χ0n) is 7.59. The molecule has 0 aliphatic carbocycles. The van der Waals surface area contributed by atoms with Gasteiger partial charge in [-0.3, -0.25) is 4.79 Å². The molecule has 2 N–H and O–H groups in total. The van der Waals surface area contributed by atoms with E-state index in [0.29, 0.717) is 5.56 Å². The van der Waals surface area contributed by atoms with Gasteiger partial charge in [-0.25, -0.2) is 8.78 Å². The Morgan fingerprint density at radius 3 is 2.29 bits per heavy atom. The third kappa shape index (κ3) is 3.22. The number of carbonyl (C=O) groups excluding carboxylic acids is 1. The summed E-state index contributed by atoms with van der Waals surface area (Å²) in [6.45, 7) is 0.261. The van der Waals surface area contributed by atoms with Gasteiger partial charge in [0.2, 0.25) is 0 Å². The zero-order valence-corrected chi connectivity index (χ0v) is 7.59. The van der Waals surface area contributed by atoms with Crippen LogP contribution in [0.25, 0.3) is 0 Å². The maximum Gasteiger partial charge on any atom is 0.138 e. The number of benzene rings is 1. The molecule has 0 bridgehead atoms. The van der Waals surface area contributed by atoms with Gasteiger partial charge in [0.15, 0.2) is 0 Å². The third-order valence-electron chi connectivity index (χ3n) is 1.75. The molecule has 0 heterocycles. The lowest BCUT2D eigenvalue weighted by Crippen LogP contribution is -2.10. The Bertz CT molecular complexity index is 319. The molecular formula is C10H11F2NO. The molecule has 0 aliphatic rings. The number of hydrogen-bond donors (Lipinski definition) is 1. The van der Waals surface area contributed by atoms with Crippen LogP contribution < -0.4 is 5.73 Å². The smallest absolute Gasteiger partial charge is 0.138 e. The summed E-state index contributed by atoms with van der Waals surface area (Å²) in [5.41, 5.74) is 5.52. The van der Waals surface area contributed by atoms with Crippen LogP contribution in [0.5, 0.6) is 0 Å². The second-order valence-electron chi connectivity index (χ2n) is 3.03. The van der Waals surface area contributed by atoms with Gasteiger partial charge < -0.3 is 5.73 Å². The summed E-state index contributed by atoms with van der Waals surface area (Å²) in [5.74, 6) is -1.45. The van der Waals surface area contributed by atoms with Crippen molar-refractivity contribution in [1.82, 2.24) is 0 Å². The molecule has 76 valence electrons. The lowest BCUT2D eigenvalue weighted by atomic mass is 10.1. The number of halogens is 2. The van der Waals surface area contributed by atoms with E-state index in [9.17, 15) is 13.6 Å². The maximum absolute atomic E-state index is 12.7. The quantitative estimate of drug-likeness (QED) is 0.797. The highest BCUT2D eigenvalue weighted by Crippen LogP contribution is 2.09. The number of ketones is 1. The highest BCUT2D eigenvalue weighted by atomic mass is 19.1. The van der Waals surface area contributed by atoms with E-state index < -0.39 is 11.6 Å². The largest absolute Gasteiger partial charge is 0.330 e. The average Bonchev–Trinajstić information content (AvgIpc) is 2.01. The molecule has 0 saturated heterocycles. The van der Waals surface area contributed by atoms with E-state index in [1.54, 1.807) is 0 Å². The third-order valence-corrected chi connectivity index (χ3v) is 1.75. The normalized spacial score (nSPS) is 10.2. The van der Waals surface area contributed by atoms with Crippen molar-refractivity contribution < 1.29 is 13.6 Å². The summed E-state index contributed by atoms with van der Waals surface area (Å²) >= 11 is 0. The molecule has 0 amide bonds. The van der Waals surface area contributed by atoms with Crippen LogP contribution in [-0.2, 0) is 11.2 Å². The fourth-order valence-electron chi connectivity index (χ4n) is 1.19. The predicted molar refractivity (Wildman–Crippen MR) is 48.7 cm³/mol. The van der Waals surface area contributed by atoms with E-state index in [-0.39, 0.29) is 25.2 Å². The Morgan fingerprint density at radius 2 is 1.79 bits per heavy atom. The first kappa shape index (κ1) is 10.8. The molecule has 1 rings (SSSR count). The Kier molecular flexibility index (Phi) is 3.71. The summed E-state index contributed by atoms with van der Waals surface area (Å²) in [5, 5.41) is 0.